The van der Waals surface area contributed by atoms with Gasteiger partial charge in [-0.1, -0.05) is 12.1 Å². The van der Waals surface area contributed by atoms with Gasteiger partial charge in [-0.05, 0) is 78.9 Å². The van der Waals surface area contributed by atoms with Gasteiger partial charge in [0.2, 0.25) is 0 Å². The number of methoxy groups -OCH3 is 1. The van der Waals surface area contributed by atoms with Gasteiger partial charge >= 0.3 is 5.97 Å². The molecular weight excluding hydrogens is 470 g/mol. The molecular formula is C28H27N5O2S. The first-order valence-corrected chi connectivity index (χ1v) is 12.0. The fourth-order valence-corrected chi connectivity index (χ4v) is 4.96. The molecule has 0 unspecified atom stereocenters. The van der Waals surface area contributed by atoms with Crippen LogP contribution in [0.25, 0.3) is 5.69 Å². The maximum absolute atomic E-state index is 12.2. The zero-order valence-corrected chi connectivity index (χ0v) is 21.1. The number of esters is 1. The summed E-state index contributed by atoms with van der Waals surface area (Å²) in [7, 11) is 5.43. The summed E-state index contributed by atoms with van der Waals surface area (Å²) in [5.41, 5.74) is 5.35. The second kappa shape index (κ2) is 9.83. The molecule has 0 saturated carbocycles. The lowest BCUT2D eigenvalue weighted by Gasteiger charge is -2.29. The summed E-state index contributed by atoms with van der Waals surface area (Å²) in [6.45, 7) is 0. The standard InChI is InChI=1S/C28H27N5O2S/c1-31(2)20-12-14-21(15-13-20)33-26(25(30-28(33)36)23-10-4-5-16-29-23)24-11-7-17-32(24)22-9-6-8-19(18-22)27(34)35-3/h4-18,25-26H,1-3H3,(H,30,36)/t25-,26-/m0/s1. The number of anilines is 2. The first-order chi connectivity index (χ1) is 17.5. The Morgan fingerprint density at radius 1 is 1.00 bits per heavy atom. The van der Waals surface area contributed by atoms with Crippen molar-refractivity contribution in [3.63, 3.8) is 0 Å². The average molecular weight is 498 g/mol. The van der Waals surface area contributed by atoms with Crippen molar-refractivity contribution in [1.82, 2.24) is 14.9 Å². The first kappa shape index (κ1) is 23.6. The third-order valence-corrected chi connectivity index (χ3v) is 6.69. The number of rotatable bonds is 6. The molecule has 2 aromatic heterocycles. The van der Waals surface area contributed by atoms with E-state index in [1.807, 2.05) is 62.8 Å². The molecule has 1 saturated heterocycles. The van der Waals surface area contributed by atoms with E-state index in [4.69, 9.17) is 17.0 Å². The lowest BCUT2D eigenvalue weighted by atomic mass is 10.0. The van der Waals surface area contributed by atoms with Crippen LogP contribution in [-0.2, 0) is 4.74 Å². The van der Waals surface area contributed by atoms with E-state index in [-0.39, 0.29) is 18.1 Å². The maximum Gasteiger partial charge on any atom is 0.337 e. The van der Waals surface area contributed by atoms with Crippen LogP contribution in [0.5, 0.6) is 0 Å². The SMILES string of the molecule is COC(=O)c1cccc(-n2cccc2[C@H]2[C@H](c3ccccn3)NC(=S)N2c2ccc(N(C)C)cc2)c1. The molecule has 36 heavy (non-hydrogen) atoms. The smallest absolute Gasteiger partial charge is 0.337 e. The van der Waals surface area contributed by atoms with Gasteiger partial charge in [-0.15, -0.1) is 0 Å². The third-order valence-electron chi connectivity index (χ3n) is 6.37. The molecule has 7 nitrogen and oxygen atoms in total. The van der Waals surface area contributed by atoms with Gasteiger partial charge in [0.05, 0.1) is 24.4 Å². The van der Waals surface area contributed by atoms with Crippen LogP contribution in [0.2, 0.25) is 0 Å². The Balaban J connectivity index is 1.63. The second-order valence-corrected chi connectivity index (χ2v) is 9.14. The van der Waals surface area contributed by atoms with Crippen LogP contribution in [0, 0.1) is 0 Å². The Hall–Kier alpha value is -4.17. The van der Waals surface area contributed by atoms with Crippen molar-refractivity contribution in [3.8, 4) is 5.69 Å². The molecule has 1 aliphatic rings. The van der Waals surface area contributed by atoms with Gasteiger partial charge in [0, 0.05) is 49.2 Å². The highest BCUT2D eigenvalue weighted by Crippen LogP contribution is 2.42. The number of aromatic nitrogens is 2. The average Bonchev–Trinajstić information content (AvgIpc) is 3.53. The normalized spacial score (nSPS) is 17.1. The summed E-state index contributed by atoms with van der Waals surface area (Å²) in [5, 5.41) is 4.14. The van der Waals surface area contributed by atoms with Gasteiger partial charge in [0.15, 0.2) is 5.11 Å². The Kier molecular flexibility index (Phi) is 6.43. The molecule has 0 amide bonds. The minimum absolute atomic E-state index is 0.176. The molecule has 4 aromatic rings. The molecule has 0 bridgehead atoms. The van der Waals surface area contributed by atoms with Crippen molar-refractivity contribution in [1.29, 1.82) is 0 Å². The number of nitrogens with zero attached hydrogens (tertiary/aromatic N) is 4. The number of hydrogen-bond donors (Lipinski definition) is 1. The van der Waals surface area contributed by atoms with Crippen molar-refractivity contribution < 1.29 is 9.53 Å². The Labute approximate surface area is 215 Å². The van der Waals surface area contributed by atoms with E-state index in [2.05, 4.69) is 55.0 Å². The van der Waals surface area contributed by atoms with Gasteiger partial charge in [-0.3, -0.25) is 4.98 Å². The minimum atomic E-state index is -0.372. The highest BCUT2D eigenvalue weighted by molar-refractivity contribution is 7.80. The van der Waals surface area contributed by atoms with E-state index in [9.17, 15) is 4.79 Å². The van der Waals surface area contributed by atoms with Crippen molar-refractivity contribution in [2.75, 3.05) is 31.0 Å². The van der Waals surface area contributed by atoms with Crippen LogP contribution in [0.15, 0.2) is 91.3 Å². The quantitative estimate of drug-likeness (QED) is 0.300. The Morgan fingerprint density at radius 3 is 2.50 bits per heavy atom. The van der Waals surface area contributed by atoms with E-state index >= 15 is 0 Å². The van der Waals surface area contributed by atoms with Crippen molar-refractivity contribution in [2.24, 2.45) is 0 Å². The van der Waals surface area contributed by atoms with Crippen LogP contribution < -0.4 is 15.1 Å². The number of hydrogen-bond acceptors (Lipinski definition) is 5. The van der Waals surface area contributed by atoms with Gasteiger partial charge in [0.25, 0.3) is 0 Å². The number of carbonyl (C=O) groups excluding carboxylic acids is 1. The Bertz CT molecular complexity index is 1380. The molecule has 5 rings (SSSR count). The first-order valence-electron chi connectivity index (χ1n) is 11.6. The molecule has 0 spiro atoms. The van der Waals surface area contributed by atoms with E-state index in [0.29, 0.717) is 10.7 Å². The summed E-state index contributed by atoms with van der Waals surface area (Å²) >= 11 is 5.87. The molecule has 3 heterocycles. The fraction of sp³-hybridized carbons (Fsp3) is 0.179. The Morgan fingerprint density at radius 2 is 1.81 bits per heavy atom. The molecule has 1 fully saturated rings. The zero-order valence-electron chi connectivity index (χ0n) is 20.3. The number of pyridine rings is 1. The number of nitrogens with one attached hydrogen (secondary N) is 1. The summed E-state index contributed by atoms with van der Waals surface area (Å²) in [5.74, 6) is -0.372. The van der Waals surface area contributed by atoms with Crippen LogP contribution in [-0.4, -0.2) is 41.8 Å². The lowest BCUT2D eigenvalue weighted by molar-refractivity contribution is 0.0600. The number of ether oxygens (including phenoxy) is 1. The highest BCUT2D eigenvalue weighted by Gasteiger charge is 2.42. The molecule has 0 radical (unpaired) electrons. The predicted molar refractivity (Wildman–Crippen MR) is 146 cm³/mol. The summed E-state index contributed by atoms with van der Waals surface area (Å²) in [4.78, 5) is 21.0. The molecule has 1 aliphatic heterocycles. The molecule has 2 aromatic carbocycles. The molecule has 8 heteroatoms. The van der Waals surface area contributed by atoms with Crippen LogP contribution in [0.1, 0.15) is 33.8 Å². The van der Waals surface area contributed by atoms with Crippen LogP contribution in [0.3, 0.4) is 0 Å². The van der Waals surface area contributed by atoms with E-state index < -0.39 is 0 Å². The van der Waals surface area contributed by atoms with Crippen molar-refractivity contribution in [3.05, 3.63) is 108 Å². The van der Waals surface area contributed by atoms with Gasteiger partial charge in [-0.25, -0.2) is 4.79 Å². The van der Waals surface area contributed by atoms with Gasteiger partial charge in [-0.2, -0.15) is 0 Å². The summed E-state index contributed by atoms with van der Waals surface area (Å²) in [6, 6.07) is 25.4. The largest absolute Gasteiger partial charge is 0.465 e. The maximum atomic E-state index is 12.2. The summed E-state index contributed by atoms with van der Waals surface area (Å²) < 4.78 is 7.02. The highest BCUT2D eigenvalue weighted by atomic mass is 32.1. The van der Waals surface area contributed by atoms with Crippen LogP contribution >= 0.6 is 12.2 Å². The fourth-order valence-electron chi connectivity index (χ4n) is 4.62. The topological polar surface area (TPSA) is 62.6 Å². The number of thiocarbonyl (C=S) groups is 1. The van der Waals surface area contributed by atoms with Crippen molar-refractivity contribution >= 4 is 34.7 Å². The molecule has 1 N–H and O–H groups in total. The van der Waals surface area contributed by atoms with Gasteiger partial charge in [0.1, 0.15) is 6.04 Å². The zero-order chi connectivity index (χ0) is 25.2. The molecule has 0 aliphatic carbocycles. The third kappa shape index (κ3) is 4.31. The second-order valence-electron chi connectivity index (χ2n) is 8.75. The molecule has 2 atom stereocenters. The number of carbonyl (C=O) groups is 1. The van der Waals surface area contributed by atoms with E-state index in [1.54, 1.807) is 12.3 Å². The molecule has 182 valence electrons. The van der Waals surface area contributed by atoms with E-state index in [0.717, 1.165) is 28.5 Å². The van der Waals surface area contributed by atoms with Gasteiger partial charge < -0.3 is 24.4 Å². The monoisotopic (exact) mass is 497 g/mol. The minimum Gasteiger partial charge on any atom is -0.465 e. The summed E-state index contributed by atoms with van der Waals surface area (Å²) in [6.07, 6.45) is 3.79. The van der Waals surface area contributed by atoms with Crippen LogP contribution in [0.4, 0.5) is 11.4 Å². The predicted octanol–water partition coefficient (Wildman–Crippen LogP) is 4.90. The van der Waals surface area contributed by atoms with E-state index in [1.165, 1.54) is 7.11 Å². The van der Waals surface area contributed by atoms with Crippen molar-refractivity contribution in [2.45, 2.75) is 12.1 Å². The number of benzene rings is 2. The lowest BCUT2D eigenvalue weighted by Crippen LogP contribution is -2.30.